The highest BCUT2D eigenvalue weighted by Crippen LogP contribution is 2.21. The van der Waals surface area contributed by atoms with Crippen LogP contribution in [-0.2, 0) is 18.4 Å². The van der Waals surface area contributed by atoms with E-state index in [1.807, 2.05) is 42.1 Å². The van der Waals surface area contributed by atoms with Crippen molar-refractivity contribution in [2.75, 3.05) is 13.7 Å². The first-order valence-corrected chi connectivity index (χ1v) is 5.51. The van der Waals surface area contributed by atoms with Crippen molar-refractivity contribution in [3.63, 3.8) is 0 Å². The number of para-hydroxylation sites is 1. The van der Waals surface area contributed by atoms with Crippen molar-refractivity contribution in [2.45, 2.75) is 6.54 Å². The number of likely N-dealkylation sites (N-methyl/N-ethyl adjacent to an activating group) is 1. The van der Waals surface area contributed by atoms with E-state index < -0.39 is 6.61 Å². The average Bonchev–Trinajstić information content (AvgIpc) is 2.66. The van der Waals surface area contributed by atoms with Crippen LogP contribution in [0.5, 0.6) is 0 Å². The third kappa shape index (κ3) is 2.17. The van der Waals surface area contributed by atoms with Crippen LogP contribution >= 0.6 is 0 Å². The minimum Gasteiger partial charge on any atom is -0.387 e. The number of nitrogens with zero attached hydrogens (tertiary/aromatic N) is 2. The molecule has 2 rings (SSSR count). The fraction of sp³-hybridized carbons (Fsp3) is 0.308. The highest BCUT2D eigenvalue weighted by atomic mass is 16.3. The smallest absolute Gasteiger partial charge is 0.248 e. The maximum absolute atomic E-state index is 11.3. The summed E-state index contributed by atoms with van der Waals surface area (Å²) < 4.78 is 2.04. The summed E-state index contributed by atoms with van der Waals surface area (Å²) in [7, 11) is 3.68. The Labute approximate surface area is 100 Å². The zero-order chi connectivity index (χ0) is 12.4. The molecule has 0 aliphatic heterocycles. The van der Waals surface area contributed by atoms with E-state index in [1.165, 1.54) is 4.90 Å². The Morgan fingerprint density at radius 1 is 1.41 bits per heavy atom. The molecule has 90 valence electrons. The monoisotopic (exact) mass is 232 g/mol. The van der Waals surface area contributed by atoms with Gasteiger partial charge in [-0.25, -0.2) is 0 Å². The van der Waals surface area contributed by atoms with E-state index in [-0.39, 0.29) is 5.91 Å². The van der Waals surface area contributed by atoms with E-state index >= 15 is 0 Å². The zero-order valence-electron chi connectivity index (χ0n) is 10.1. The van der Waals surface area contributed by atoms with Crippen LogP contribution < -0.4 is 0 Å². The molecule has 17 heavy (non-hydrogen) atoms. The van der Waals surface area contributed by atoms with E-state index in [1.54, 1.807) is 7.05 Å². The van der Waals surface area contributed by atoms with Gasteiger partial charge in [-0.3, -0.25) is 4.79 Å². The molecule has 0 spiro atoms. The van der Waals surface area contributed by atoms with Crippen LogP contribution in [0.15, 0.2) is 30.5 Å². The molecule has 4 heteroatoms. The zero-order valence-corrected chi connectivity index (χ0v) is 10.1. The Bertz CT molecular complexity index is 545. The summed E-state index contributed by atoms with van der Waals surface area (Å²) in [6.45, 7) is 0.0714. The number of aromatic nitrogens is 1. The first kappa shape index (κ1) is 11.7. The van der Waals surface area contributed by atoms with Crippen molar-refractivity contribution >= 4 is 16.8 Å². The predicted molar refractivity (Wildman–Crippen MR) is 66.5 cm³/mol. The molecule has 0 aliphatic carbocycles. The summed E-state index contributed by atoms with van der Waals surface area (Å²) in [4.78, 5) is 12.9. The molecule has 1 heterocycles. The van der Waals surface area contributed by atoms with Crippen LogP contribution in [-0.4, -0.2) is 34.1 Å². The lowest BCUT2D eigenvalue weighted by Gasteiger charge is -2.14. The van der Waals surface area contributed by atoms with E-state index in [0.29, 0.717) is 6.54 Å². The van der Waals surface area contributed by atoms with Gasteiger partial charge < -0.3 is 14.6 Å². The Kier molecular flexibility index (Phi) is 3.15. The Hall–Kier alpha value is -1.81. The van der Waals surface area contributed by atoms with Crippen molar-refractivity contribution in [2.24, 2.45) is 7.05 Å². The molecule has 4 nitrogen and oxygen atoms in total. The number of aliphatic hydroxyl groups excluding tert-OH is 1. The molecule has 2 aromatic rings. The Morgan fingerprint density at radius 3 is 2.82 bits per heavy atom. The Balaban J connectivity index is 2.33. The molecule has 1 N–H and O–H groups in total. The largest absolute Gasteiger partial charge is 0.387 e. The molecule has 0 saturated carbocycles. The quantitative estimate of drug-likeness (QED) is 0.862. The second kappa shape index (κ2) is 4.59. The number of aryl methyl sites for hydroxylation is 1. The fourth-order valence-corrected chi connectivity index (χ4v) is 2.02. The van der Waals surface area contributed by atoms with E-state index in [0.717, 1.165) is 16.5 Å². The molecule has 0 aliphatic rings. The van der Waals surface area contributed by atoms with Crippen LogP contribution in [0.3, 0.4) is 0 Å². The summed E-state index contributed by atoms with van der Waals surface area (Å²) in [5.41, 5.74) is 2.24. The number of carbonyl (C=O) groups is 1. The van der Waals surface area contributed by atoms with Gasteiger partial charge in [0.25, 0.3) is 0 Å². The number of carbonyl (C=O) groups excluding carboxylic acids is 1. The summed E-state index contributed by atoms with van der Waals surface area (Å²) in [6, 6.07) is 8.07. The minimum absolute atomic E-state index is 0.266. The molecular weight excluding hydrogens is 216 g/mol. The third-order valence-electron chi connectivity index (χ3n) is 2.95. The Morgan fingerprint density at radius 2 is 2.12 bits per heavy atom. The third-order valence-corrected chi connectivity index (χ3v) is 2.95. The van der Waals surface area contributed by atoms with Gasteiger partial charge in [0.05, 0.1) is 0 Å². The highest BCUT2D eigenvalue weighted by Gasteiger charge is 2.11. The number of amides is 1. The SMILES string of the molecule is CN(Cc1cn(C)c2ccccc12)C(=O)CO. The van der Waals surface area contributed by atoms with Crippen molar-refractivity contribution in [1.82, 2.24) is 9.47 Å². The van der Waals surface area contributed by atoms with Crippen molar-refractivity contribution in [1.29, 1.82) is 0 Å². The summed E-state index contributed by atoms with van der Waals surface area (Å²) in [6.07, 6.45) is 2.02. The maximum Gasteiger partial charge on any atom is 0.248 e. The molecule has 0 atom stereocenters. The van der Waals surface area contributed by atoms with Gasteiger partial charge in [0.1, 0.15) is 6.61 Å². The van der Waals surface area contributed by atoms with Crippen LogP contribution in [0.25, 0.3) is 10.9 Å². The van der Waals surface area contributed by atoms with E-state index in [9.17, 15) is 4.79 Å². The fourth-order valence-electron chi connectivity index (χ4n) is 2.02. The van der Waals surface area contributed by atoms with Gasteiger partial charge in [-0.2, -0.15) is 0 Å². The maximum atomic E-state index is 11.3. The molecular formula is C13H16N2O2. The predicted octanol–water partition coefficient (Wildman–Crippen LogP) is 1.13. The second-order valence-corrected chi connectivity index (χ2v) is 4.19. The lowest BCUT2D eigenvalue weighted by atomic mass is 10.1. The normalized spacial score (nSPS) is 10.8. The number of aliphatic hydroxyl groups is 1. The molecule has 1 aromatic heterocycles. The molecule has 0 saturated heterocycles. The first-order chi connectivity index (χ1) is 8.13. The first-order valence-electron chi connectivity index (χ1n) is 5.51. The van der Waals surface area contributed by atoms with E-state index in [2.05, 4.69) is 0 Å². The van der Waals surface area contributed by atoms with Crippen LogP contribution in [0.2, 0.25) is 0 Å². The van der Waals surface area contributed by atoms with Gasteiger partial charge in [-0.05, 0) is 11.6 Å². The number of benzene rings is 1. The van der Waals surface area contributed by atoms with Gasteiger partial charge >= 0.3 is 0 Å². The number of hydrogen-bond acceptors (Lipinski definition) is 2. The molecule has 1 aromatic carbocycles. The van der Waals surface area contributed by atoms with Crippen LogP contribution in [0.1, 0.15) is 5.56 Å². The second-order valence-electron chi connectivity index (χ2n) is 4.19. The molecule has 0 radical (unpaired) electrons. The number of fused-ring (bicyclic) bond motifs is 1. The average molecular weight is 232 g/mol. The number of rotatable bonds is 3. The standard InChI is InChI=1S/C13H16N2O2/c1-14-7-10(8-15(2)13(17)9-16)11-5-3-4-6-12(11)14/h3-7,16H,8-9H2,1-2H3. The lowest BCUT2D eigenvalue weighted by molar-refractivity contribution is -0.133. The van der Waals surface area contributed by atoms with Crippen LogP contribution in [0, 0.1) is 0 Å². The highest BCUT2D eigenvalue weighted by molar-refractivity contribution is 5.84. The van der Waals surface area contributed by atoms with Gasteiger partial charge in [-0.15, -0.1) is 0 Å². The number of hydrogen-bond donors (Lipinski definition) is 1. The molecule has 0 bridgehead atoms. The summed E-state index contributed by atoms with van der Waals surface area (Å²) in [5.74, 6) is -0.266. The van der Waals surface area contributed by atoms with Gasteiger partial charge in [0.2, 0.25) is 5.91 Å². The molecule has 1 amide bonds. The minimum atomic E-state index is -0.443. The lowest BCUT2D eigenvalue weighted by Crippen LogP contribution is -2.28. The van der Waals surface area contributed by atoms with Crippen molar-refractivity contribution in [3.05, 3.63) is 36.0 Å². The van der Waals surface area contributed by atoms with Gasteiger partial charge in [0, 0.05) is 37.7 Å². The topological polar surface area (TPSA) is 45.5 Å². The van der Waals surface area contributed by atoms with E-state index in [4.69, 9.17) is 5.11 Å². The summed E-state index contributed by atoms with van der Waals surface area (Å²) >= 11 is 0. The molecule has 0 unspecified atom stereocenters. The van der Waals surface area contributed by atoms with Gasteiger partial charge in [-0.1, -0.05) is 18.2 Å². The van der Waals surface area contributed by atoms with Crippen molar-refractivity contribution in [3.8, 4) is 0 Å². The van der Waals surface area contributed by atoms with Crippen molar-refractivity contribution < 1.29 is 9.90 Å². The molecule has 0 fully saturated rings. The van der Waals surface area contributed by atoms with Gasteiger partial charge in [0.15, 0.2) is 0 Å². The summed E-state index contributed by atoms with van der Waals surface area (Å²) in [5, 5.41) is 9.95. The van der Waals surface area contributed by atoms with Crippen LogP contribution in [0.4, 0.5) is 0 Å².